The summed E-state index contributed by atoms with van der Waals surface area (Å²) in [6, 6.07) is 15.4. The fourth-order valence-corrected chi connectivity index (χ4v) is 4.95. The lowest BCUT2D eigenvalue weighted by Gasteiger charge is -2.26. The van der Waals surface area contributed by atoms with Gasteiger partial charge in [-0.15, -0.1) is 0 Å². The summed E-state index contributed by atoms with van der Waals surface area (Å²) in [7, 11) is 1.54. The van der Waals surface area contributed by atoms with Gasteiger partial charge in [-0.25, -0.2) is 0 Å². The molecule has 1 saturated carbocycles. The van der Waals surface area contributed by atoms with Crippen molar-refractivity contribution in [1.29, 1.82) is 0 Å². The first-order valence-electron chi connectivity index (χ1n) is 11.5. The van der Waals surface area contributed by atoms with Gasteiger partial charge in [0.1, 0.15) is 0 Å². The molecule has 2 N–H and O–H groups in total. The van der Waals surface area contributed by atoms with Crippen molar-refractivity contribution in [3.05, 3.63) is 71.3 Å². The molecule has 7 nitrogen and oxygen atoms in total. The predicted molar refractivity (Wildman–Crippen MR) is 127 cm³/mol. The fraction of sp³-hybridized carbons (Fsp3) is 0.296. The Morgan fingerprint density at radius 1 is 0.971 bits per heavy atom. The predicted octanol–water partition coefficient (Wildman–Crippen LogP) is 4.38. The largest absolute Gasteiger partial charge is 0.493 e. The van der Waals surface area contributed by atoms with Crippen LogP contribution < -0.4 is 15.2 Å². The fourth-order valence-electron chi connectivity index (χ4n) is 4.95. The number of benzene rings is 3. The van der Waals surface area contributed by atoms with Crippen LogP contribution in [0.25, 0.3) is 10.8 Å². The van der Waals surface area contributed by atoms with Crippen molar-refractivity contribution in [2.24, 2.45) is 5.73 Å². The first-order valence-corrected chi connectivity index (χ1v) is 11.5. The van der Waals surface area contributed by atoms with Crippen molar-refractivity contribution in [3.8, 4) is 11.5 Å². The number of methoxy groups -OCH3 is 1. The number of carbonyl (C=O) groups excluding carboxylic acids is 3. The van der Waals surface area contributed by atoms with Crippen LogP contribution in [0.15, 0.2) is 54.6 Å². The molecule has 0 radical (unpaired) electrons. The van der Waals surface area contributed by atoms with Crippen LogP contribution in [-0.2, 0) is 4.79 Å². The van der Waals surface area contributed by atoms with Gasteiger partial charge in [-0.3, -0.25) is 19.3 Å². The minimum absolute atomic E-state index is 0.145. The third-order valence-electron chi connectivity index (χ3n) is 6.66. The van der Waals surface area contributed by atoms with Crippen molar-refractivity contribution in [2.45, 2.75) is 44.2 Å². The summed E-state index contributed by atoms with van der Waals surface area (Å²) in [5.74, 6) is -0.410. The zero-order chi connectivity index (χ0) is 23.8. The average Bonchev–Trinajstić information content (AvgIpc) is 3.43. The highest BCUT2D eigenvalue weighted by Crippen LogP contribution is 2.39. The Morgan fingerprint density at radius 2 is 1.59 bits per heavy atom. The van der Waals surface area contributed by atoms with Crippen molar-refractivity contribution in [1.82, 2.24) is 4.90 Å². The van der Waals surface area contributed by atoms with Gasteiger partial charge in [0.2, 0.25) is 5.91 Å². The average molecular weight is 459 g/mol. The maximum atomic E-state index is 13.4. The molecule has 1 fully saturated rings. The molecule has 0 bridgehead atoms. The smallest absolute Gasteiger partial charge is 0.262 e. The van der Waals surface area contributed by atoms with E-state index in [0.29, 0.717) is 28.2 Å². The normalized spacial score (nSPS) is 16.7. The summed E-state index contributed by atoms with van der Waals surface area (Å²) in [6.45, 7) is 0. The topological polar surface area (TPSA) is 98.9 Å². The molecule has 3 amide bonds. The van der Waals surface area contributed by atoms with Crippen molar-refractivity contribution >= 4 is 28.5 Å². The van der Waals surface area contributed by atoms with E-state index in [1.165, 1.54) is 7.11 Å². The maximum Gasteiger partial charge on any atom is 0.262 e. The number of amides is 3. The number of fused-ring (bicyclic) bond motifs is 2. The molecule has 1 atom stereocenters. The minimum Gasteiger partial charge on any atom is -0.493 e. The highest BCUT2D eigenvalue weighted by molar-refractivity contribution is 6.23. The molecular weight excluding hydrogens is 432 g/mol. The third kappa shape index (κ3) is 3.87. The zero-order valence-electron chi connectivity index (χ0n) is 19.0. The lowest BCUT2D eigenvalue weighted by atomic mass is 10.0. The van der Waals surface area contributed by atoms with Crippen LogP contribution in [0.3, 0.4) is 0 Å². The molecule has 0 aromatic heterocycles. The summed E-state index contributed by atoms with van der Waals surface area (Å²) >= 11 is 0. The van der Waals surface area contributed by atoms with Gasteiger partial charge in [0.25, 0.3) is 11.8 Å². The summed E-state index contributed by atoms with van der Waals surface area (Å²) in [5.41, 5.74) is 6.77. The Morgan fingerprint density at radius 3 is 2.15 bits per heavy atom. The molecule has 0 spiro atoms. The zero-order valence-corrected chi connectivity index (χ0v) is 19.0. The van der Waals surface area contributed by atoms with Crippen LogP contribution in [0.5, 0.6) is 11.5 Å². The van der Waals surface area contributed by atoms with Crippen molar-refractivity contribution in [3.63, 3.8) is 0 Å². The van der Waals surface area contributed by atoms with E-state index < -0.39 is 23.8 Å². The monoisotopic (exact) mass is 458 g/mol. The van der Waals surface area contributed by atoms with Crippen LogP contribution in [0, 0.1) is 0 Å². The Bertz CT molecular complexity index is 1240. The van der Waals surface area contributed by atoms with Crippen LogP contribution >= 0.6 is 0 Å². The van der Waals surface area contributed by atoms with Crippen molar-refractivity contribution < 1.29 is 23.9 Å². The number of nitrogens with zero attached hydrogens (tertiary/aromatic N) is 1. The van der Waals surface area contributed by atoms with Crippen LogP contribution in [0.2, 0.25) is 0 Å². The second-order valence-electron chi connectivity index (χ2n) is 8.85. The summed E-state index contributed by atoms with van der Waals surface area (Å²) in [4.78, 5) is 39.9. The Balaban J connectivity index is 1.52. The first-order chi connectivity index (χ1) is 16.5. The SMILES string of the molecule is COc1cc(C(CC(N)=O)N2C(=O)c3cc4ccccc4cc3C2=O)ccc1OC1CCCC1. The molecule has 1 aliphatic carbocycles. The number of carbonyl (C=O) groups is 3. The van der Waals surface area contributed by atoms with Crippen molar-refractivity contribution in [2.75, 3.05) is 7.11 Å². The van der Waals surface area contributed by atoms with Crippen LogP contribution in [0.1, 0.15) is 64.4 Å². The highest BCUT2D eigenvalue weighted by atomic mass is 16.5. The van der Waals surface area contributed by atoms with E-state index in [1.54, 1.807) is 30.3 Å². The minimum atomic E-state index is -0.859. The van der Waals surface area contributed by atoms with Gasteiger partial charge in [-0.2, -0.15) is 0 Å². The number of imide groups is 1. The van der Waals surface area contributed by atoms with E-state index in [-0.39, 0.29) is 12.5 Å². The van der Waals surface area contributed by atoms with E-state index in [4.69, 9.17) is 15.2 Å². The molecule has 7 heteroatoms. The van der Waals surface area contributed by atoms with Crippen LogP contribution in [-0.4, -0.2) is 35.8 Å². The quantitative estimate of drug-likeness (QED) is 0.530. The highest BCUT2D eigenvalue weighted by Gasteiger charge is 2.41. The third-order valence-corrected chi connectivity index (χ3v) is 6.66. The molecule has 1 aliphatic heterocycles. The molecule has 1 unspecified atom stereocenters. The van der Waals surface area contributed by atoms with E-state index in [2.05, 4.69) is 0 Å². The molecular formula is C27H26N2O5. The maximum absolute atomic E-state index is 13.4. The van der Waals surface area contributed by atoms with E-state index in [1.807, 2.05) is 24.3 Å². The summed E-state index contributed by atoms with van der Waals surface area (Å²) < 4.78 is 11.7. The van der Waals surface area contributed by atoms with Gasteiger partial charge in [-0.1, -0.05) is 30.3 Å². The lowest BCUT2D eigenvalue weighted by Crippen LogP contribution is -2.36. The first kappa shape index (κ1) is 21.9. The number of hydrogen-bond donors (Lipinski definition) is 1. The second-order valence-corrected chi connectivity index (χ2v) is 8.85. The lowest BCUT2D eigenvalue weighted by molar-refractivity contribution is -0.118. The summed E-state index contributed by atoms with van der Waals surface area (Å²) in [6.07, 6.45) is 4.22. The molecule has 174 valence electrons. The van der Waals surface area contributed by atoms with Gasteiger partial charge >= 0.3 is 0 Å². The molecule has 34 heavy (non-hydrogen) atoms. The number of ether oxygens (including phenoxy) is 2. The van der Waals surface area contributed by atoms with Gasteiger partial charge in [0.15, 0.2) is 11.5 Å². The van der Waals surface area contributed by atoms with Crippen LogP contribution in [0.4, 0.5) is 0 Å². The van der Waals surface area contributed by atoms with E-state index in [9.17, 15) is 14.4 Å². The molecule has 1 heterocycles. The summed E-state index contributed by atoms with van der Waals surface area (Å²) in [5, 5.41) is 1.73. The van der Waals surface area contributed by atoms with Gasteiger partial charge in [-0.05, 0) is 66.3 Å². The molecule has 3 aromatic rings. The Labute approximate surface area is 197 Å². The van der Waals surface area contributed by atoms with E-state index >= 15 is 0 Å². The van der Waals surface area contributed by atoms with Gasteiger partial charge in [0.05, 0.1) is 36.8 Å². The number of rotatable bonds is 7. The molecule has 2 aliphatic rings. The molecule has 0 saturated heterocycles. The van der Waals surface area contributed by atoms with Gasteiger partial charge in [0, 0.05) is 0 Å². The number of nitrogens with two attached hydrogens (primary N) is 1. The second kappa shape index (κ2) is 8.82. The number of primary amides is 1. The number of hydrogen-bond acceptors (Lipinski definition) is 5. The molecule has 3 aromatic carbocycles. The Kier molecular flexibility index (Phi) is 5.69. The van der Waals surface area contributed by atoms with Gasteiger partial charge < -0.3 is 15.2 Å². The molecule has 5 rings (SSSR count). The Hall–Kier alpha value is -3.87. The van der Waals surface area contributed by atoms with E-state index in [0.717, 1.165) is 41.4 Å². The standard InChI is InChI=1S/C27H26N2O5/c1-33-24-14-18(10-11-23(24)34-19-8-4-5-9-19)22(15-25(28)30)29-26(31)20-12-16-6-2-3-7-17(16)13-21(20)27(29)32/h2-3,6-7,10-14,19,22H,4-5,8-9,15H2,1H3,(H2,28,30).